The molecule has 0 aromatic heterocycles. The summed E-state index contributed by atoms with van der Waals surface area (Å²) in [5.74, 6) is 0. The molecule has 1 nitrogen and oxygen atoms in total. The van der Waals surface area contributed by atoms with Gasteiger partial charge in [-0.15, -0.1) is 0 Å². The Labute approximate surface area is 73.6 Å². The first-order valence-corrected chi connectivity index (χ1v) is 3.91. The Morgan fingerprint density at radius 3 is 2.17 bits per heavy atom. The van der Waals surface area contributed by atoms with Gasteiger partial charge in [-0.05, 0) is 18.0 Å². The largest absolute Gasteiger partial charge is 0.351 e. The maximum Gasteiger partial charge on any atom is 0.0469 e. The van der Waals surface area contributed by atoms with E-state index in [1.54, 1.807) is 12.4 Å². The molecule has 0 amide bonds. The van der Waals surface area contributed by atoms with Gasteiger partial charge in [0, 0.05) is 6.54 Å². The summed E-state index contributed by atoms with van der Waals surface area (Å²) in [5.41, 5.74) is 1.26. The first-order chi connectivity index (χ1) is 5.86. The fraction of sp³-hybridized carbons (Fsp3) is 0.0909. The molecule has 0 aliphatic rings. The lowest BCUT2D eigenvalue weighted by molar-refractivity contribution is 0.504. The minimum absolute atomic E-state index is 0.841. The van der Waals surface area contributed by atoms with Crippen molar-refractivity contribution >= 4 is 0 Å². The van der Waals surface area contributed by atoms with Crippen molar-refractivity contribution in [3.63, 3.8) is 0 Å². The lowest BCUT2D eigenvalue weighted by atomic mass is 10.2. The van der Waals surface area contributed by atoms with Crippen LogP contribution in [-0.2, 0) is 6.54 Å². The number of hydrogen-bond acceptors (Lipinski definition) is 1. The zero-order chi connectivity index (χ0) is 8.81. The Morgan fingerprint density at radius 2 is 1.67 bits per heavy atom. The van der Waals surface area contributed by atoms with Gasteiger partial charge >= 0.3 is 0 Å². The Bertz CT molecular complexity index is 243. The highest BCUT2D eigenvalue weighted by Gasteiger charge is 1.93. The number of benzene rings is 1. The number of rotatable bonds is 4. The lowest BCUT2D eigenvalue weighted by Crippen LogP contribution is -2.07. The molecule has 1 rings (SSSR count). The van der Waals surface area contributed by atoms with Crippen LogP contribution in [0.2, 0.25) is 0 Å². The molecule has 1 aromatic rings. The summed E-state index contributed by atoms with van der Waals surface area (Å²) in [6.07, 6.45) is 3.53. The second kappa shape index (κ2) is 4.39. The molecular weight excluding hydrogens is 146 g/mol. The Morgan fingerprint density at radius 1 is 1.08 bits per heavy atom. The van der Waals surface area contributed by atoms with Crippen LogP contribution >= 0.6 is 0 Å². The van der Waals surface area contributed by atoms with Gasteiger partial charge in [0.15, 0.2) is 0 Å². The van der Waals surface area contributed by atoms with E-state index in [4.69, 9.17) is 0 Å². The topological polar surface area (TPSA) is 3.24 Å². The van der Waals surface area contributed by atoms with Gasteiger partial charge in [0.25, 0.3) is 0 Å². The molecule has 0 aliphatic carbocycles. The van der Waals surface area contributed by atoms with Gasteiger partial charge in [-0.3, -0.25) is 0 Å². The molecule has 0 heterocycles. The predicted octanol–water partition coefficient (Wildman–Crippen LogP) is 2.78. The molecule has 0 aliphatic heterocycles. The minimum atomic E-state index is 0.841. The van der Waals surface area contributed by atoms with Crippen LogP contribution < -0.4 is 0 Å². The van der Waals surface area contributed by atoms with Gasteiger partial charge in [0.05, 0.1) is 0 Å². The van der Waals surface area contributed by atoms with Crippen molar-refractivity contribution in [2.45, 2.75) is 6.54 Å². The Balaban J connectivity index is 2.62. The molecule has 1 aromatic carbocycles. The molecule has 0 N–H and O–H groups in total. The van der Waals surface area contributed by atoms with E-state index >= 15 is 0 Å². The van der Waals surface area contributed by atoms with E-state index in [0.717, 1.165) is 6.54 Å². The maximum absolute atomic E-state index is 3.68. The van der Waals surface area contributed by atoms with Crippen molar-refractivity contribution in [3.05, 3.63) is 61.5 Å². The number of nitrogens with zero attached hydrogens (tertiary/aromatic N) is 1. The van der Waals surface area contributed by atoms with Crippen LogP contribution in [0.5, 0.6) is 0 Å². The first kappa shape index (κ1) is 8.60. The minimum Gasteiger partial charge on any atom is -0.351 e. The van der Waals surface area contributed by atoms with Crippen molar-refractivity contribution in [2.24, 2.45) is 0 Å². The second-order valence-electron chi connectivity index (χ2n) is 2.52. The summed E-state index contributed by atoms with van der Waals surface area (Å²) in [5, 5.41) is 0. The summed E-state index contributed by atoms with van der Waals surface area (Å²) in [6, 6.07) is 10.2. The van der Waals surface area contributed by atoms with Crippen LogP contribution in [0.25, 0.3) is 0 Å². The lowest BCUT2D eigenvalue weighted by Gasteiger charge is -2.13. The highest BCUT2D eigenvalue weighted by atomic mass is 15.1. The molecule has 1 heteroatoms. The standard InChI is InChI=1S/C11H13N/c1-3-12(4-2)10-11-8-6-5-7-9-11/h3-9H,1-2,10H2. The van der Waals surface area contributed by atoms with Crippen molar-refractivity contribution in [3.8, 4) is 0 Å². The fourth-order valence-corrected chi connectivity index (χ4v) is 0.998. The smallest absolute Gasteiger partial charge is 0.0469 e. The summed E-state index contributed by atoms with van der Waals surface area (Å²) in [4.78, 5) is 1.94. The van der Waals surface area contributed by atoms with E-state index in [1.165, 1.54) is 5.56 Å². The van der Waals surface area contributed by atoms with Gasteiger partial charge < -0.3 is 4.90 Å². The van der Waals surface area contributed by atoms with E-state index < -0.39 is 0 Å². The molecule has 0 radical (unpaired) electrons. The van der Waals surface area contributed by atoms with Gasteiger partial charge in [-0.2, -0.15) is 0 Å². The summed E-state index contributed by atoms with van der Waals surface area (Å²) in [7, 11) is 0. The van der Waals surface area contributed by atoms with Crippen LogP contribution in [0.15, 0.2) is 55.9 Å². The van der Waals surface area contributed by atoms with Gasteiger partial charge in [0.1, 0.15) is 0 Å². The van der Waals surface area contributed by atoms with E-state index in [9.17, 15) is 0 Å². The van der Waals surface area contributed by atoms with E-state index in [-0.39, 0.29) is 0 Å². The van der Waals surface area contributed by atoms with Gasteiger partial charge in [-0.1, -0.05) is 43.5 Å². The van der Waals surface area contributed by atoms with Crippen molar-refractivity contribution in [1.82, 2.24) is 4.90 Å². The Kier molecular flexibility index (Phi) is 3.15. The molecule has 0 spiro atoms. The molecular formula is C11H13N. The molecule has 0 fully saturated rings. The van der Waals surface area contributed by atoms with E-state index in [1.807, 2.05) is 23.1 Å². The number of hydrogen-bond donors (Lipinski definition) is 0. The zero-order valence-corrected chi connectivity index (χ0v) is 7.11. The average molecular weight is 159 g/mol. The third kappa shape index (κ3) is 2.27. The quantitative estimate of drug-likeness (QED) is 0.653. The predicted molar refractivity (Wildman–Crippen MR) is 52.4 cm³/mol. The van der Waals surface area contributed by atoms with Crippen molar-refractivity contribution < 1.29 is 0 Å². The van der Waals surface area contributed by atoms with Crippen LogP contribution in [0.1, 0.15) is 5.56 Å². The van der Waals surface area contributed by atoms with Gasteiger partial charge in [-0.25, -0.2) is 0 Å². The zero-order valence-electron chi connectivity index (χ0n) is 7.11. The average Bonchev–Trinajstić information content (AvgIpc) is 2.16. The van der Waals surface area contributed by atoms with E-state index in [2.05, 4.69) is 25.3 Å². The van der Waals surface area contributed by atoms with Crippen molar-refractivity contribution in [1.29, 1.82) is 0 Å². The first-order valence-electron chi connectivity index (χ1n) is 3.91. The van der Waals surface area contributed by atoms with Crippen LogP contribution in [-0.4, -0.2) is 4.90 Å². The fourth-order valence-electron chi connectivity index (χ4n) is 0.998. The van der Waals surface area contributed by atoms with Crippen LogP contribution in [0, 0.1) is 0 Å². The molecule has 0 unspecified atom stereocenters. The summed E-state index contributed by atoms with van der Waals surface area (Å²) < 4.78 is 0. The third-order valence-corrected chi connectivity index (χ3v) is 1.68. The molecule has 0 saturated heterocycles. The molecule has 12 heavy (non-hydrogen) atoms. The monoisotopic (exact) mass is 159 g/mol. The third-order valence-electron chi connectivity index (χ3n) is 1.68. The molecule has 0 atom stereocenters. The highest BCUT2D eigenvalue weighted by Crippen LogP contribution is 2.03. The second-order valence-corrected chi connectivity index (χ2v) is 2.52. The highest BCUT2D eigenvalue weighted by molar-refractivity contribution is 5.15. The SMILES string of the molecule is C=CN(C=C)Cc1ccccc1. The molecule has 0 bridgehead atoms. The summed E-state index contributed by atoms with van der Waals surface area (Å²) >= 11 is 0. The maximum atomic E-state index is 3.68. The summed E-state index contributed by atoms with van der Waals surface area (Å²) in [6.45, 7) is 8.21. The van der Waals surface area contributed by atoms with Crippen LogP contribution in [0.4, 0.5) is 0 Å². The van der Waals surface area contributed by atoms with E-state index in [0.29, 0.717) is 0 Å². The van der Waals surface area contributed by atoms with Gasteiger partial charge in [0.2, 0.25) is 0 Å². The van der Waals surface area contributed by atoms with Crippen LogP contribution in [0.3, 0.4) is 0 Å². The van der Waals surface area contributed by atoms with Crippen molar-refractivity contribution in [2.75, 3.05) is 0 Å². The molecule has 0 saturated carbocycles. The molecule has 62 valence electrons. The Hall–Kier alpha value is -1.50. The normalized spacial score (nSPS) is 9.00.